The molecule has 1 aromatic heterocycles. The number of nitrogens with one attached hydrogen (secondary N) is 2. The van der Waals surface area contributed by atoms with Crippen molar-refractivity contribution in [1.82, 2.24) is 10.3 Å². The van der Waals surface area contributed by atoms with E-state index in [1.54, 1.807) is 7.11 Å². The zero-order valence-corrected chi connectivity index (χ0v) is 12.9. The minimum atomic E-state index is 0.174. The van der Waals surface area contributed by atoms with E-state index in [4.69, 9.17) is 16.3 Å². The van der Waals surface area contributed by atoms with Crippen LogP contribution in [-0.4, -0.2) is 24.2 Å². The average Bonchev–Trinajstić information content (AvgIpc) is 2.75. The average molecular weight is 293 g/mol. The summed E-state index contributed by atoms with van der Waals surface area (Å²) in [5.74, 6) is 0. The molecule has 108 valence electrons. The Morgan fingerprint density at radius 3 is 2.80 bits per heavy atom. The monoisotopic (exact) mass is 292 g/mol. The molecule has 1 heterocycles. The molecule has 0 spiro atoms. The number of rotatable bonds is 4. The van der Waals surface area contributed by atoms with Gasteiger partial charge in [0, 0.05) is 41.7 Å². The maximum atomic E-state index is 6.43. The van der Waals surface area contributed by atoms with Crippen molar-refractivity contribution in [3.8, 4) is 0 Å². The van der Waals surface area contributed by atoms with Crippen LogP contribution < -0.4 is 5.32 Å². The standard InChI is InChI=1S/C16H21ClN2O/c1-16(2)13(8-14(16)20-3)18-9-12-15(17)10-6-4-5-7-11(10)19-12/h4-7,13-14,18-19H,8-9H2,1-3H3. The molecule has 0 amide bonds. The molecule has 3 rings (SSSR count). The lowest BCUT2D eigenvalue weighted by Gasteiger charge is -2.51. The molecular formula is C16H21ClN2O. The molecule has 2 unspecified atom stereocenters. The summed E-state index contributed by atoms with van der Waals surface area (Å²) in [5.41, 5.74) is 2.33. The van der Waals surface area contributed by atoms with E-state index < -0.39 is 0 Å². The van der Waals surface area contributed by atoms with Gasteiger partial charge in [-0.2, -0.15) is 0 Å². The Morgan fingerprint density at radius 1 is 1.40 bits per heavy atom. The number of H-pyrrole nitrogens is 1. The van der Waals surface area contributed by atoms with Gasteiger partial charge in [0.15, 0.2) is 0 Å². The molecule has 1 aliphatic carbocycles. The topological polar surface area (TPSA) is 37.0 Å². The van der Waals surface area contributed by atoms with Gasteiger partial charge in [-0.25, -0.2) is 0 Å². The van der Waals surface area contributed by atoms with Crippen LogP contribution in [-0.2, 0) is 11.3 Å². The molecule has 20 heavy (non-hydrogen) atoms. The summed E-state index contributed by atoms with van der Waals surface area (Å²) >= 11 is 6.43. The van der Waals surface area contributed by atoms with Crippen molar-refractivity contribution < 1.29 is 4.74 Å². The second-order valence-corrected chi connectivity index (χ2v) is 6.56. The van der Waals surface area contributed by atoms with Gasteiger partial charge in [-0.15, -0.1) is 0 Å². The van der Waals surface area contributed by atoms with Crippen LogP contribution in [0, 0.1) is 5.41 Å². The van der Waals surface area contributed by atoms with Gasteiger partial charge >= 0.3 is 0 Å². The molecule has 2 N–H and O–H groups in total. The fourth-order valence-corrected chi connectivity index (χ4v) is 3.42. The molecule has 0 bridgehead atoms. The highest BCUT2D eigenvalue weighted by Crippen LogP contribution is 2.42. The minimum absolute atomic E-state index is 0.174. The third kappa shape index (κ3) is 2.14. The maximum absolute atomic E-state index is 6.43. The molecule has 4 heteroatoms. The van der Waals surface area contributed by atoms with Crippen LogP contribution in [0.1, 0.15) is 26.0 Å². The predicted molar refractivity (Wildman–Crippen MR) is 83.1 cm³/mol. The lowest BCUT2D eigenvalue weighted by molar-refractivity contribution is -0.0979. The Bertz CT molecular complexity index is 620. The van der Waals surface area contributed by atoms with Crippen molar-refractivity contribution in [1.29, 1.82) is 0 Å². The lowest BCUT2D eigenvalue weighted by atomic mass is 9.64. The van der Waals surface area contributed by atoms with Gasteiger partial charge in [0.1, 0.15) is 0 Å². The SMILES string of the molecule is COC1CC(NCc2[nH]c3ccccc3c2Cl)C1(C)C. The number of halogens is 1. The third-order valence-corrected chi connectivity index (χ3v) is 5.13. The molecule has 0 radical (unpaired) electrons. The van der Waals surface area contributed by atoms with Crippen LogP contribution in [0.15, 0.2) is 24.3 Å². The number of hydrogen-bond donors (Lipinski definition) is 2. The summed E-state index contributed by atoms with van der Waals surface area (Å²) in [6.45, 7) is 5.25. The molecule has 1 fully saturated rings. The van der Waals surface area contributed by atoms with Crippen molar-refractivity contribution in [3.05, 3.63) is 35.0 Å². The zero-order chi connectivity index (χ0) is 14.3. The van der Waals surface area contributed by atoms with E-state index in [9.17, 15) is 0 Å². The summed E-state index contributed by atoms with van der Waals surface area (Å²) in [4.78, 5) is 3.39. The van der Waals surface area contributed by atoms with Crippen molar-refractivity contribution in [2.45, 2.75) is 39.0 Å². The van der Waals surface area contributed by atoms with Crippen LogP contribution in [0.3, 0.4) is 0 Å². The van der Waals surface area contributed by atoms with Crippen molar-refractivity contribution in [2.24, 2.45) is 5.41 Å². The van der Waals surface area contributed by atoms with Gasteiger partial charge in [-0.3, -0.25) is 0 Å². The summed E-state index contributed by atoms with van der Waals surface area (Å²) < 4.78 is 5.48. The summed E-state index contributed by atoms with van der Waals surface area (Å²) in [6, 6.07) is 8.60. The van der Waals surface area contributed by atoms with Crippen LogP contribution in [0.25, 0.3) is 10.9 Å². The molecule has 0 saturated heterocycles. The van der Waals surface area contributed by atoms with E-state index in [0.717, 1.165) is 34.6 Å². The Morgan fingerprint density at radius 2 is 2.15 bits per heavy atom. The first kappa shape index (κ1) is 13.9. The van der Waals surface area contributed by atoms with E-state index in [0.29, 0.717) is 12.1 Å². The molecule has 1 saturated carbocycles. The van der Waals surface area contributed by atoms with E-state index >= 15 is 0 Å². The second-order valence-electron chi connectivity index (χ2n) is 6.18. The first-order valence-corrected chi connectivity index (χ1v) is 7.43. The van der Waals surface area contributed by atoms with Gasteiger partial charge in [-0.05, 0) is 12.5 Å². The van der Waals surface area contributed by atoms with Crippen LogP contribution in [0.5, 0.6) is 0 Å². The van der Waals surface area contributed by atoms with E-state index in [1.165, 1.54) is 0 Å². The zero-order valence-electron chi connectivity index (χ0n) is 12.2. The number of hydrogen-bond acceptors (Lipinski definition) is 2. The largest absolute Gasteiger partial charge is 0.381 e. The Balaban J connectivity index is 1.71. The first-order chi connectivity index (χ1) is 9.54. The quantitative estimate of drug-likeness (QED) is 0.901. The number of aromatic nitrogens is 1. The predicted octanol–water partition coefficient (Wildman–Crippen LogP) is 3.72. The number of para-hydroxylation sites is 1. The molecule has 2 atom stereocenters. The van der Waals surface area contributed by atoms with Crippen molar-refractivity contribution in [3.63, 3.8) is 0 Å². The fraction of sp³-hybridized carbons (Fsp3) is 0.500. The second kappa shape index (κ2) is 5.06. The highest BCUT2D eigenvalue weighted by atomic mass is 35.5. The maximum Gasteiger partial charge on any atom is 0.0705 e. The van der Waals surface area contributed by atoms with Crippen molar-refractivity contribution in [2.75, 3.05) is 7.11 Å². The third-order valence-electron chi connectivity index (χ3n) is 4.70. The van der Waals surface area contributed by atoms with E-state index in [-0.39, 0.29) is 5.41 Å². The molecular weight excluding hydrogens is 272 g/mol. The molecule has 2 aromatic rings. The highest BCUT2D eigenvalue weighted by Gasteiger charge is 2.48. The molecule has 0 aliphatic heterocycles. The lowest BCUT2D eigenvalue weighted by Crippen LogP contribution is -2.60. The van der Waals surface area contributed by atoms with Crippen LogP contribution in [0.4, 0.5) is 0 Å². The van der Waals surface area contributed by atoms with Gasteiger partial charge in [-0.1, -0.05) is 43.6 Å². The first-order valence-electron chi connectivity index (χ1n) is 7.05. The van der Waals surface area contributed by atoms with E-state index in [1.807, 2.05) is 18.2 Å². The summed E-state index contributed by atoms with van der Waals surface area (Å²) in [6.07, 6.45) is 1.40. The normalized spacial score (nSPS) is 24.8. The van der Waals surface area contributed by atoms with Gasteiger partial charge in [0.05, 0.1) is 11.1 Å². The number of ether oxygens (including phenoxy) is 1. The summed E-state index contributed by atoms with van der Waals surface area (Å²) in [7, 11) is 1.79. The van der Waals surface area contributed by atoms with Crippen LogP contribution in [0.2, 0.25) is 5.02 Å². The number of aromatic amines is 1. The fourth-order valence-electron chi connectivity index (χ4n) is 3.14. The number of benzene rings is 1. The van der Waals surface area contributed by atoms with Gasteiger partial charge in [0.2, 0.25) is 0 Å². The highest BCUT2D eigenvalue weighted by molar-refractivity contribution is 6.36. The minimum Gasteiger partial charge on any atom is -0.381 e. The molecule has 1 aromatic carbocycles. The smallest absolute Gasteiger partial charge is 0.0705 e. The van der Waals surface area contributed by atoms with Gasteiger partial charge < -0.3 is 15.0 Å². The number of methoxy groups -OCH3 is 1. The molecule has 3 nitrogen and oxygen atoms in total. The Kier molecular flexibility index (Phi) is 3.53. The van der Waals surface area contributed by atoms with Gasteiger partial charge in [0.25, 0.3) is 0 Å². The number of fused-ring (bicyclic) bond motifs is 1. The van der Waals surface area contributed by atoms with E-state index in [2.05, 4.69) is 30.2 Å². The van der Waals surface area contributed by atoms with Crippen molar-refractivity contribution >= 4 is 22.5 Å². The van der Waals surface area contributed by atoms with Crippen LogP contribution >= 0.6 is 11.6 Å². The Labute approximate surface area is 124 Å². The Hall–Kier alpha value is -1.03. The molecule has 1 aliphatic rings. The summed E-state index contributed by atoms with van der Waals surface area (Å²) in [5, 5.41) is 5.51.